The van der Waals surface area contributed by atoms with E-state index in [-0.39, 0.29) is 5.48 Å². The largest absolute Gasteiger partial charge is 0.823 e. The second-order valence-electron chi connectivity index (χ2n) is 5.71. The molecule has 0 atom stereocenters. The number of para-hydroxylation sites is 1. The van der Waals surface area contributed by atoms with Crippen molar-refractivity contribution in [2.45, 2.75) is 13.8 Å². The lowest BCUT2D eigenvalue weighted by Crippen LogP contribution is -2.20. The van der Waals surface area contributed by atoms with E-state index < -0.39 is 0 Å². The van der Waals surface area contributed by atoms with Crippen molar-refractivity contribution in [2.75, 3.05) is 0 Å². The highest BCUT2D eigenvalue weighted by molar-refractivity contribution is 7.49. The van der Waals surface area contributed by atoms with Gasteiger partial charge in [0.2, 0.25) is 0 Å². The summed E-state index contributed by atoms with van der Waals surface area (Å²) in [7, 11) is 0.610. The lowest BCUT2D eigenvalue weighted by atomic mass is 10.1. The van der Waals surface area contributed by atoms with Crippen LogP contribution in [0.1, 0.15) is 16.7 Å². The minimum atomic E-state index is 0.00271. The molecule has 3 aromatic rings. The van der Waals surface area contributed by atoms with Crippen LogP contribution < -0.4 is 15.1 Å². The number of halogens is 1. The number of hydrogen-bond donors (Lipinski definition) is 0. The number of aryl methyl sites for hydroxylation is 2. The van der Waals surface area contributed by atoms with Gasteiger partial charge in [-0.25, -0.2) is 0 Å². The molecule has 0 N–H and O–H groups in total. The van der Waals surface area contributed by atoms with E-state index in [0.29, 0.717) is 18.8 Å². The monoisotopic (exact) mass is 367 g/mol. The minimum absolute atomic E-state index is 0.00271. The van der Waals surface area contributed by atoms with Crippen molar-refractivity contribution < 1.29 is 9.84 Å². The van der Waals surface area contributed by atoms with Crippen LogP contribution in [-0.4, -0.2) is 5.48 Å². The van der Waals surface area contributed by atoms with E-state index in [0.717, 1.165) is 27.9 Å². The normalized spacial score (nSPS) is 11.4. The van der Waals surface area contributed by atoms with Gasteiger partial charge in [-0.15, -0.1) is 5.48 Å². The summed E-state index contributed by atoms with van der Waals surface area (Å²) in [6.45, 7) is 3.88. The quantitative estimate of drug-likeness (QED) is 0.617. The zero-order chi connectivity index (χ0) is 17.8. The van der Waals surface area contributed by atoms with E-state index in [2.05, 4.69) is 0 Å². The maximum Gasteiger partial charge on any atom is 0.127 e. The molecule has 0 saturated carbocycles. The molecule has 0 heterocycles. The van der Waals surface area contributed by atoms with Gasteiger partial charge in [-0.2, -0.15) is 0 Å². The summed E-state index contributed by atoms with van der Waals surface area (Å²) < 4.78 is 5.83. The third kappa shape index (κ3) is 4.29. The molecule has 0 radical (unpaired) electrons. The lowest BCUT2D eigenvalue weighted by Gasteiger charge is -2.17. The molecule has 2 nitrogen and oxygen atoms in total. The third-order valence-electron chi connectivity index (χ3n) is 3.80. The van der Waals surface area contributed by atoms with Crippen LogP contribution in [0.25, 0.3) is 0 Å². The molecule has 0 aliphatic heterocycles. The zero-order valence-electron chi connectivity index (χ0n) is 14.0. The summed E-state index contributed by atoms with van der Waals surface area (Å²) in [5.41, 5.74) is 2.50. The summed E-state index contributed by atoms with van der Waals surface area (Å²) >= 11 is 6.20. The molecule has 0 fully saturated rings. The predicted molar refractivity (Wildman–Crippen MR) is 105 cm³/mol. The molecule has 0 aromatic heterocycles. The Morgan fingerprint density at radius 3 is 2.32 bits per heavy atom. The number of rotatable bonds is 4. The first-order chi connectivity index (χ1) is 12.0. The van der Waals surface area contributed by atoms with Crippen molar-refractivity contribution in [2.24, 2.45) is 0 Å². The number of ether oxygens (including phenoxy) is 1. The molecular formula is C21H17ClO2P-. The van der Waals surface area contributed by atoms with E-state index in [1.54, 1.807) is 6.07 Å². The Morgan fingerprint density at radius 1 is 0.880 bits per heavy atom. The summed E-state index contributed by atoms with van der Waals surface area (Å²) in [5.74, 6) is 1.54. The van der Waals surface area contributed by atoms with Gasteiger partial charge in [0.1, 0.15) is 11.5 Å². The van der Waals surface area contributed by atoms with Crippen molar-refractivity contribution in [3.8, 4) is 11.5 Å². The molecule has 0 saturated heterocycles. The SMILES string of the molecule is Cc1cc(Oc2ccccc2)ccc1P=C([O-])c1c(C)cccc1Cl. The molecule has 3 aromatic carbocycles. The van der Waals surface area contributed by atoms with Gasteiger partial charge in [0, 0.05) is 10.3 Å². The van der Waals surface area contributed by atoms with Gasteiger partial charge in [-0.05, 0) is 66.9 Å². The van der Waals surface area contributed by atoms with Crippen LogP contribution in [0.15, 0.2) is 66.7 Å². The summed E-state index contributed by atoms with van der Waals surface area (Å²) in [6.07, 6.45) is 0. The highest BCUT2D eigenvalue weighted by Crippen LogP contribution is 2.24. The van der Waals surface area contributed by atoms with E-state index >= 15 is 0 Å². The van der Waals surface area contributed by atoms with Gasteiger partial charge >= 0.3 is 0 Å². The molecule has 126 valence electrons. The van der Waals surface area contributed by atoms with E-state index in [9.17, 15) is 5.11 Å². The summed E-state index contributed by atoms with van der Waals surface area (Å²) in [5, 5.41) is 14.1. The van der Waals surface area contributed by atoms with Crippen molar-refractivity contribution >= 4 is 30.6 Å². The standard InChI is InChI=1S/C21H18ClO2P/c1-14-7-6-10-18(22)20(14)21(23)25-19-12-11-17(13-15(19)2)24-16-8-4-3-5-9-16/h3-13,23H,1-2H3/p-1. The van der Waals surface area contributed by atoms with Crippen LogP contribution in [0, 0.1) is 13.8 Å². The average Bonchev–Trinajstić information content (AvgIpc) is 2.58. The van der Waals surface area contributed by atoms with Gasteiger partial charge in [-0.1, -0.05) is 50.1 Å². The van der Waals surface area contributed by atoms with Gasteiger partial charge < -0.3 is 9.84 Å². The Kier molecular flexibility index (Phi) is 5.55. The molecule has 0 bridgehead atoms. The van der Waals surface area contributed by atoms with Crippen LogP contribution >= 0.6 is 19.8 Å². The molecule has 0 amide bonds. The highest BCUT2D eigenvalue weighted by Gasteiger charge is 2.05. The molecule has 25 heavy (non-hydrogen) atoms. The Bertz CT molecular complexity index is 900. The second kappa shape index (κ2) is 7.84. The van der Waals surface area contributed by atoms with Crippen LogP contribution in [0.2, 0.25) is 5.02 Å². The van der Waals surface area contributed by atoms with E-state index in [4.69, 9.17) is 16.3 Å². The van der Waals surface area contributed by atoms with Crippen LogP contribution in [0.5, 0.6) is 11.5 Å². The molecule has 0 aliphatic rings. The van der Waals surface area contributed by atoms with E-state index in [1.165, 1.54) is 0 Å². The van der Waals surface area contributed by atoms with Crippen molar-refractivity contribution in [1.82, 2.24) is 0 Å². The smallest absolute Gasteiger partial charge is 0.127 e. The minimum Gasteiger partial charge on any atom is -0.823 e. The first kappa shape index (κ1) is 17.7. The van der Waals surface area contributed by atoms with E-state index in [1.807, 2.05) is 74.5 Å². The van der Waals surface area contributed by atoms with Crippen LogP contribution in [0.4, 0.5) is 0 Å². The maximum atomic E-state index is 12.7. The fraction of sp³-hybridized carbons (Fsp3) is 0.0952. The Hall–Kier alpha value is -2.12. The first-order valence-electron chi connectivity index (χ1n) is 7.89. The average molecular weight is 368 g/mol. The van der Waals surface area contributed by atoms with Crippen LogP contribution in [-0.2, 0) is 0 Å². The number of benzene rings is 3. The lowest BCUT2D eigenvalue weighted by molar-refractivity contribution is -0.207. The first-order valence-corrected chi connectivity index (χ1v) is 9.16. The van der Waals surface area contributed by atoms with Crippen molar-refractivity contribution in [3.05, 3.63) is 88.4 Å². The Balaban J connectivity index is 1.88. The molecule has 0 spiro atoms. The fourth-order valence-corrected chi connectivity index (χ4v) is 3.90. The van der Waals surface area contributed by atoms with Crippen LogP contribution in [0.3, 0.4) is 0 Å². The van der Waals surface area contributed by atoms with Gasteiger partial charge in [0.05, 0.1) is 0 Å². The second-order valence-corrected chi connectivity index (χ2v) is 7.23. The molecule has 3 rings (SSSR count). The Morgan fingerprint density at radius 2 is 1.64 bits per heavy atom. The summed E-state index contributed by atoms with van der Waals surface area (Å²) in [6, 6.07) is 20.9. The maximum absolute atomic E-state index is 12.7. The molecule has 4 heteroatoms. The molecular weight excluding hydrogens is 351 g/mol. The highest BCUT2D eigenvalue weighted by atomic mass is 35.5. The molecule has 0 unspecified atom stereocenters. The van der Waals surface area contributed by atoms with Gasteiger partial charge in [-0.3, -0.25) is 0 Å². The van der Waals surface area contributed by atoms with Gasteiger partial charge in [0.15, 0.2) is 0 Å². The Labute approximate surface area is 154 Å². The fourth-order valence-electron chi connectivity index (χ4n) is 2.51. The third-order valence-corrected chi connectivity index (χ3v) is 5.29. The molecule has 0 aliphatic carbocycles. The predicted octanol–water partition coefficient (Wildman–Crippen LogP) is 4.86. The summed E-state index contributed by atoms with van der Waals surface area (Å²) in [4.78, 5) is 0. The van der Waals surface area contributed by atoms with Crippen molar-refractivity contribution in [1.29, 1.82) is 0 Å². The topological polar surface area (TPSA) is 32.3 Å². The van der Waals surface area contributed by atoms with Gasteiger partial charge in [0.25, 0.3) is 0 Å². The zero-order valence-corrected chi connectivity index (χ0v) is 15.6. The van der Waals surface area contributed by atoms with Crippen molar-refractivity contribution in [3.63, 3.8) is 0 Å². The number of hydrogen-bond acceptors (Lipinski definition) is 2.